The lowest BCUT2D eigenvalue weighted by molar-refractivity contribution is -0.140. The van der Waals surface area contributed by atoms with Crippen molar-refractivity contribution >= 4 is 50.7 Å². The normalized spacial score (nSPS) is 13.1. The SMILES string of the molecule is CC[C@@H](C)NC(=O)[C@H](CC)N(Cc1ccc(Cl)cc1Cl)C(=O)CN(c1ccccc1F)S(C)(=O)=O. The van der Waals surface area contributed by atoms with Gasteiger partial charge in [-0.05, 0) is 49.6 Å². The standard InChI is InChI=1S/C24H30Cl2FN3O4S/c1-5-16(3)28-24(32)21(6-2)29(14-17-11-12-18(25)13-19(17)26)23(31)15-30(35(4,33)34)22-10-8-7-9-20(22)27/h7-13,16,21H,5-6,14-15H2,1-4H3,(H,28,32)/t16-,21+/m1/s1. The van der Waals surface area contributed by atoms with E-state index in [4.69, 9.17) is 23.2 Å². The smallest absolute Gasteiger partial charge is 0.244 e. The van der Waals surface area contributed by atoms with Crippen molar-refractivity contribution in [3.63, 3.8) is 0 Å². The zero-order valence-electron chi connectivity index (χ0n) is 20.1. The van der Waals surface area contributed by atoms with Crippen LogP contribution in [-0.2, 0) is 26.2 Å². The molecule has 0 bridgehead atoms. The van der Waals surface area contributed by atoms with Crippen LogP contribution in [0.5, 0.6) is 0 Å². The molecule has 2 aromatic rings. The summed E-state index contributed by atoms with van der Waals surface area (Å²) in [7, 11) is -4.03. The maximum absolute atomic E-state index is 14.5. The molecular weight excluding hydrogens is 516 g/mol. The van der Waals surface area contributed by atoms with E-state index in [2.05, 4.69) is 5.32 Å². The van der Waals surface area contributed by atoms with Gasteiger partial charge in [0.1, 0.15) is 18.4 Å². The number of halogens is 3. The first kappa shape index (κ1) is 28.9. The van der Waals surface area contributed by atoms with Crippen LogP contribution in [0.3, 0.4) is 0 Å². The van der Waals surface area contributed by atoms with Crippen molar-refractivity contribution in [3.8, 4) is 0 Å². The second kappa shape index (κ2) is 12.6. The fourth-order valence-electron chi connectivity index (χ4n) is 3.44. The van der Waals surface area contributed by atoms with Gasteiger partial charge in [0.15, 0.2) is 0 Å². The van der Waals surface area contributed by atoms with Crippen molar-refractivity contribution in [1.82, 2.24) is 10.2 Å². The fourth-order valence-corrected chi connectivity index (χ4v) is 4.76. The van der Waals surface area contributed by atoms with Crippen LogP contribution in [0.25, 0.3) is 0 Å². The van der Waals surface area contributed by atoms with Gasteiger partial charge >= 0.3 is 0 Å². The number of para-hydroxylation sites is 1. The molecule has 11 heteroatoms. The monoisotopic (exact) mass is 545 g/mol. The summed E-state index contributed by atoms with van der Waals surface area (Å²) in [6, 6.07) is 8.99. The number of benzene rings is 2. The van der Waals surface area contributed by atoms with Crippen LogP contribution in [0.1, 0.15) is 39.2 Å². The van der Waals surface area contributed by atoms with E-state index in [1.807, 2.05) is 13.8 Å². The van der Waals surface area contributed by atoms with Gasteiger partial charge in [-0.25, -0.2) is 12.8 Å². The van der Waals surface area contributed by atoms with Crippen molar-refractivity contribution in [2.24, 2.45) is 0 Å². The molecule has 0 aliphatic rings. The third-order valence-electron chi connectivity index (χ3n) is 5.54. The summed E-state index contributed by atoms with van der Waals surface area (Å²) in [4.78, 5) is 27.9. The third kappa shape index (κ3) is 7.81. The van der Waals surface area contributed by atoms with Gasteiger partial charge in [0.05, 0.1) is 11.9 Å². The molecule has 7 nitrogen and oxygen atoms in total. The summed E-state index contributed by atoms with van der Waals surface area (Å²) in [5.74, 6) is -1.85. The Morgan fingerprint density at radius 1 is 1.09 bits per heavy atom. The molecule has 35 heavy (non-hydrogen) atoms. The van der Waals surface area contributed by atoms with Crippen molar-refractivity contribution in [2.45, 2.75) is 52.2 Å². The first-order valence-electron chi connectivity index (χ1n) is 11.1. The van der Waals surface area contributed by atoms with Crippen LogP contribution >= 0.6 is 23.2 Å². The molecule has 0 aliphatic carbocycles. The molecule has 2 amide bonds. The van der Waals surface area contributed by atoms with Gasteiger partial charge in [-0.1, -0.05) is 55.2 Å². The molecule has 1 N–H and O–H groups in total. The molecule has 0 unspecified atom stereocenters. The highest BCUT2D eigenvalue weighted by Crippen LogP contribution is 2.25. The summed E-state index contributed by atoms with van der Waals surface area (Å²) in [6.07, 6.45) is 1.84. The number of amides is 2. The Morgan fingerprint density at radius 3 is 2.29 bits per heavy atom. The number of sulfonamides is 1. The molecule has 0 saturated carbocycles. The second-order valence-corrected chi connectivity index (χ2v) is 11.0. The molecule has 0 fully saturated rings. The number of carbonyl (C=O) groups excluding carboxylic acids is 2. The maximum atomic E-state index is 14.5. The summed E-state index contributed by atoms with van der Waals surface area (Å²) < 4.78 is 40.2. The number of nitrogens with one attached hydrogen (secondary N) is 1. The van der Waals surface area contributed by atoms with E-state index in [-0.39, 0.29) is 30.6 Å². The van der Waals surface area contributed by atoms with Gasteiger partial charge in [-0.15, -0.1) is 0 Å². The lowest BCUT2D eigenvalue weighted by Gasteiger charge is -2.33. The van der Waals surface area contributed by atoms with Crippen LogP contribution in [0, 0.1) is 5.82 Å². The van der Waals surface area contributed by atoms with Gasteiger partial charge in [0, 0.05) is 22.6 Å². The molecule has 2 atom stereocenters. The number of rotatable bonds is 11. The second-order valence-electron chi connectivity index (χ2n) is 8.22. The predicted octanol–water partition coefficient (Wildman–Crippen LogP) is 4.62. The van der Waals surface area contributed by atoms with E-state index in [9.17, 15) is 22.4 Å². The van der Waals surface area contributed by atoms with E-state index in [1.54, 1.807) is 19.1 Å². The molecule has 0 heterocycles. The first-order chi connectivity index (χ1) is 16.4. The molecule has 0 saturated heterocycles. The number of anilines is 1. The Kier molecular flexibility index (Phi) is 10.4. The first-order valence-corrected chi connectivity index (χ1v) is 13.7. The van der Waals surface area contributed by atoms with Gasteiger partial charge < -0.3 is 10.2 Å². The Morgan fingerprint density at radius 2 is 1.74 bits per heavy atom. The van der Waals surface area contributed by atoms with Gasteiger partial charge in [-0.2, -0.15) is 0 Å². The topological polar surface area (TPSA) is 86.8 Å². The van der Waals surface area contributed by atoms with Crippen LogP contribution in [0.4, 0.5) is 10.1 Å². The van der Waals surface area contributed by atoms with Crippen molar-refractivity contribution < 1.29 is 22.4 Å². The minimum atomic E-state index is -4.03. The molecule has 2 aromatic carbocycles. The lowest BCUT2D eigenvalue weighted by Crippen LogP contribution is -2.53. The summed E-state index contributed by atoms with van der Waals surface area (Å²) in [5, 5.41) is 3.57. The highest BCUT2D eigenvalue weighted by molar-refractivity contribution is 7.92. The Labute approximate surface area is 216 Å². The van der Waals surface area contributed by atoms with E-state index in [0.29, 0.717) is 26.3 Å². The average molecular weight is 546 g/mol. The lowest BCUT2D eigenvalue weighted by atomic mass is 10.1. The van der Waals surface area contributed by atoms with Crippen molar-refractivity contribution in [3.05, 3.63) is 63.9 Å². The molecule has 0 spiro atoms. The zero-order chi connectivity index (χ0) is 26.3. The van der Waals surface area contributed by atoms with Crippen LogP contribution in [0.2, 0.25) is 10.0 Å². The Bertz CT molecular complexity index is 1160. The van der Waals surface area contributed by atoms with Gasteiger partial charge in [-0.3, -0.25) is 13.9 Å². The quantitative estimate of drug-likeness (QED) is 0.446. The van der Waals surface area contributed by atoms with Crippen LogP contribution < -0.4 is 9.62 Å². The Hall–Kier alpha value is -2.36. The number of carbonyl (C=O) groups is 2. The molecule has 0 aliphatic heterocycles. The highest BCUT2D eigenvalue weighted by Gasteiger charge is 2.33. The summed E-state index contributed by atoms with van der Waals surface area (Å²) in [5.41, 5.74) is 0.265. The Balaban J connectivity index is 2.49. The minimum absolute atomic E-state index is 0.0733. The van der Waals surface area contributed by atoms with Gasteiger partial charge in [0.2, 0.25) is 21.8 Å². The maximum Gasteiger partial charge on any atom is 0.244 e. The molecular formula is C24H30Cl2FN3O4S. The molecule has 0 aromatic heterocycles. The van der Waals surface area contributed by atoms with Crippen LogP contribution in [-0.4, -0.2) is 50.0 Å². The largest absolute Gasteiger partial charge is 0.352 e. The summed E-state index contributed by atoms with van der Waals surface area (Å²) in [6.45, 7) is 4.74. The molecule has 0 radical (unpaired) electrons. The highest BCUT2D eigenvalue weighted by atomic mass is 35.5. The van der Waals surface area contributed by atoms with Gasteiger partial charge in [0.25, 0.3) is 0 Å². The van der Waals surface area contributed by atoms with Crippen molar-refractivity contribution in [1.29, 1.82) is 0 Å². The zero-order valence-corrected chi connectivity index (χ0v) is 22.4. The number of nitrogens with zero attached hydrogens (tertiary/aromatic N) is 2. The fraction of sp³-hybridized carbons (Fsp3) is 0.417. The number of hydrogen-bond donors (Lipinski definition) is 1. The molecule has 192 valence electrons. The van der Waals surface area contributed by atoms with E-state index >= 15 is 0 Å². The predicted molar refractivity (Wildman–Crippen MR) is 138 cm³/mol. The minimum Gasteiger partial charge on any atom is -0.352 e. The van der Waals surface area contributed by atoms with E-state index < -0.39 is 34.3 Å². The van der Waals surface area contributed by atoms with E-state index in [1.165, 1.54) is 29.2 Å². The van der Waals surface area contributed by atoms with Crippen LogP contribution in [0.15, 0.2) is 42.5 Å². The molecule has 2 rings (SSSR count). The number of hydrogen-bond acceptors (Lipinski definition) is 4. The summed E-state index contributed by atoms with van der Waals surface area (Å²) >= 11 is 12.3. The van der Waals surface area contributed by atoms with Crippen molar-refractivity contribution in [2.75, 3.05) is 17.1 Å². The van der Waals surface area contributed by atoms with E-state index in [0.717, 1.165) is 12.3 Å². The third-order valence-corrected chi connectivity index (χ3v) is 7.26. The average Bonchev–Trinajstić information content (AvgIpc) is 2.78.